The average Bonchev–Trinajstić information content (AvgIpc) is 2.82. The molecule has 3 aromatic carbocycles. The molecule has 3 aromatic rings. The van der Waals surface area contributed by atoms with E-state index in [9.17, 15) is 17.6 Å². The van der Waals surface area contributed by atoms with Gasteiger partial charge in [0.05, 0.1) is 23.7 Å². The Bertz CT molecular complexity index is 1190. The molecule has 0 aliphatic rings. The van der Waals surface area contributed by atoms with Crippen molar-refractivity contribution in [3.8, 4) is 11.5 Å². The number of nitrogens with zero attached hydrogens (tertiary/aromatic N) is 1. The first-order valence-electron chi connectivity index (χ1n) is 10.5. The highest BCUT2D eigenvalue weighted by Crippen LogP contribution is 2.26. The van der Waals surface area contributed by atoms with Crippen molar-refractivity contribution in [3.63, 3.8) is 0 Å². The van der Waals surface area contributed by atoms with Gasteiger partial charge in [0.2, 0.25) is 5.91 Å². The quantitative estimate of drug-likeness (QED) is 0.393. The van der Waals surface area contributed by atoms with Gasteiger partial charge >= 0.3 is 0 Å². The van der Waals surface area contributed by atoms with E-state index in [1.54, 1.807) is 24.3 Å². The van der Waals surface area contributed by atoms with Gasteiger partial charge in [-0.2, -0.15) is 0 Å². The monoisotopic (exact) mass is 506 g/mol. The molecule has 3 rings (SSSR count). The molecule has 0 aliphatic carbocycles. The molecule has 0 saturated carbocycles. The SMILES string of the molecule is CCOc1ccc(N(CC(=O)NCCOc2ccc(F)cc2)S(=O)(=O)c2ccc(Cl)cc2)cc1. The van der Waals surface area contributed by atoms with Crippen LogP contribution in [-0.4, -0.2) is 40.6 Å². The molecular formula is C24H24ClFN2O5S. The van der Waals surface area contributed by atoms with Gasteiger partial charge in [0, 0.05) is 5.02 Å². The molecule has 0 heterocycles. The summed E-state index contributed by atoms with van der Waals surface area (Å²) >= 11 is 5.90. The third-order valence-electron chi connectivity index (χ3n) is 4.63. The van der Waals surface area contributed by atoms with Gasteiger partial charge in [0.15, 0.2) is 0 Å². The van der Waals surface area contributed by atoms with Crippen LogP contribution in [0.1, 0.15) is 6.92 Å². The molecule has 7 nitrogen and oxygen atoms in total. The number of hydrogen-bond donors (Lipinski definition) is 1. The number of amides is 1. The lowest BCUT2D eigenvalue weighted by Crippen LogP contribution is -2.41. The maximum absolute atomic E-state index is 13.3. The second-order valence-electron chi connectivity index (χ2n) is 7.04. The molecular weight excluding hydrogens is 483 g/mol. The van der Waals surface area contributed by atoms with Crippen molar-refractivity contribution in [1.82, 2.24) is 5.32 Å². The van der Waals surface area contributed by atoms with E-state index in [2.05, 4.69) is 5.32 Å². The molecule has 0 atom stereocenters. The van der Waals surface area contributed by atoms with Gasteiger partial charge in [-0.3, -0.25) is 9.10 Å². The van der Waals surface area contributed by atoms with Crippen LogP contribution in [-0.2, 0) is 14.8 Å². The van der Waals surface area contributed by atoms with Crippen LogP contribution in [0.15, 0.2) is 77.7 Å². The van der Waals surface area contributed by atoms with E-state index < -0.39 is 22.5 Å². The fraction of sp³-hybridized carbons (Fsp3) is 0.208. The van der Waals surface area contributed by atoms with E-state index in [-0.39, 0.29) is 23.9 Å². The molecule has 1 N–H and O–H groups in total. The third-order valence-corrected chi connectivity index (χ3v) is 6.67. The van der Waals surface area contributed by atoms with Gasteiger partial charge in [-0.1, -0.05) is 11.6 Å². The van der Waals surface area contributed by atoms with E-state index in [1.807, 2.05) is 6.92 Å². The van der Waals surface area contributed by atoms with Crippen LogP contribution in [0, 0.1) is 5.82 Å². The molecule has 0 unspecified atom stereocenters. The highest BCUT2D eigenvalue weighted by Gasteiger charge is 2.27. The summed E-state index contributed by atoms with van der Waals surface area (Å²) in [7, 11) is -4.06. The van der Waals surface area contributed by atoms with Crippen LogP contribution in [0.5, 0.6) is 11.5 Å². The first kappa shape index (κ1) is 25.3. The molecule has 0 fully saturated rings. The second kappa shape index (κ2) is 11.7. The first-order chi connectivity index (χ1) is 16.3. The van der Waals surface area contributed by atoms with Crippen LogP contribution in [0.2, 0.25) is 5.02 Å². The van der Waals surface area contributed by atoms with Crippen molar-refractivity contribution in [2.24, 2.45) is 0 Å². The second-order valence-corrected chi connectivity index (χ2v) is 9.34. The highest BCUT2D eigenvalue weighted by atomic mass is 35.5. The number of ether oxygens (including phenoxy) is 2. The summed E-state index contributed by atoms with van der Waals surface area (Å²) < 4.78 is 51.5. The largest absolute Gasteiger partial charge is 0.494 e. The Labute approximate surface area is 203 Å². The standard InChI is InChI=1S/C24H24ClFN2O5S/c1-2-32-21-11-7-20(8-12-21)28(34(30,31)23-13-3-18(25)4-14-23)17-24(29)27-15-16-33-22-9-5-19(26)6-10-22/h3-14H,2,15-17H2,1H3,(H,27,29). The van der Waals surface area contributed by atoms with E-state index in [1.165, 1.54) is 48.5 Å². The molecule has 0 spiro atoms. The van der Waals surface area contributed by atoms with Crippen molar-refractivity contribution in [3.05, 3.63) is 83.6 Å². The topological polar surface area (TPSA) is 84.9 Å². The molecule has 0 bridgehead atoms. The van der Waals surface area contributed by atoms with Crippen LogP contribution in [0.25, 0.3) is 0 Å². The minimum absolute atomic E-state index is 0.00164. The smallest absolute Gasteiger partial charge is 0.264 e. The summed E-state index contributed by atoms with van der Waals surface area (Å²) in [4.78, 5) is 12.6. The van der Waals surface area contributed by atoms with Crippen molar-refractivity contribution in [1.29, 1.82) is 0 Å². The fourth-order valence-corrected chi connectivity index (χ4v) is 4.55. The highest BCUT2D eigenvalue weighted by molar-refractivity contribution is 7.92. The van der Waals surface area contributed by atoms with Gasteiger partial charge < -0.3 is 14.8 Å². The van der Waals surface area contributed by atoms with Crippen molar-refractivity contribution < 1.29 is 27.1 Å². The number of nitrogens with one attached hydrogen (secondary N) is 1. The third kappa shape index (κ3) is 6.85. The van der Waals surface area contributed by atoms with Crippen LogP contribution < -0.4 is 19.1 Å². The van der Waals surface area contributed by atoms with Gasteiger partial charge in [-0.05, 0) is 79.7 Å². The predicted octanol–water partition coefficient (Wildman–Crippen LogP) is 4.27. The minimum Gasteiger partial charge on any atom is -0.494 e. The van der Waals surface area contributed by atoms with Crippen LogP contribution >= 0.6 is 11.6 Å². The van der Waals surface area contributed by atoms with Crippen molar-refractivity contribution >= 4 is 33.2 Å². The number of benzene rings is 3. The number of halogens is 2. The Morgan fingerprint density at radius 2 is 1.53 bits per heavy atom. The van der Waals surface area contributed by atoms with Crippen molar-refractivity contribution in [2.45, 2.75) is 11.8 Å². The Morgan fingerprint density at radius 3 is 2.15 bits per heavy atom. The summed E-state index contributed by atoms with van der Waals surface area (Å²) in [6.07, 6.45) is 0. The Hall–Kier alpha value is -3.30. The number of hydrogen-bond acceptors (Lipinski definition) is 5. The number of carbonyl (C=O) groups is 1. The predicted molar refractivity (Wildman–Crippen MR) is 128 cm³/mol. The van der Waals surface area contributed by atoms with Gasteiger partial charge in [0.25, 0.3) is 10.0 Å². The fourth-order valence-electron chi connectivity index (χ4n) is 3.00. The van der Waals surface area contributed by atoms with E-state index in [4.69, 9.17) is 21.1 Å². The summed E-state index contributed by atoms with van der Waals surface area (Å²) in [6, 6.07) is 17.6. The van der Waals surface area contributed by atoms with E-state index in [0.717, 1.165) is 4.31 Å². The molecule has 34 heavy (non-hydrogen) atoms. The first-order valence-corrected chi connectivity index (χ1v) is 12.3. The van der Waals surface area contributed by atoms with Crippen molar-refractivity contribution in [2.75, 3.05) is 30.6 Å². The van der Waals surface area contributed by atoms with E-state index in [0.29, 0.717) is 28.8 Å². The molecule has 0 saturated heterocycles. The molecule has 10 heteroatoms. The molecule has 1 amide bonds. The number of sulfonamides is 1. The van der Waals surface area contributed by atoms with Gasteiger partial charge in [0.1, 0.15) is 30.5 Å². The lowest BCUT2D eigenvalue weighted by Gasteiger charge is -2.24. The zero-order chi connectivity index (χ0) is 24.6. The Kier molecular flexibility index (Phi) is 8.72. The average molecular weight is 507 g/mol. The maximum atomic E-state index is 13.3. The molecule has 0 radical (unpaired) electrons. The molecule has 180 valence electrons. The summed E-state index contributed by atoms with van der Waals surface area (Å²) in [5, 5.41) is 3.03. The van der Waals surface area contributed by atoms with Crippen LogP contribution in [0.4, 0.5) is 10.1 Å². The Balaban J connectivity index is 1.71. The lowest BCUT2D eigenvalue weighted by atomic mass is 10.3. The lowest BCUT2D eigenvalue weighted by molar-refractivity contribution is -0.119. The maximum Gasteiger partial charge on any atom is 0.264 e. The van der Waals surface area contributed by atoms with Gasteiger partial charge in [-0.25, -0.2) is 12.8 Å². The summed E-state index contributed by atoms with van der Waals surface area (Å²) in [5.41, 5.74) is 0.302. The van der Waals surface area contributed by atoms with E-state index >= 15 is 0 Å². The summed E-state index contributed by atoms with van der Waals surface area (Å²) in [5.74, 6) is 0.139. The zero-order valence-corrected chi connectivity index (χ0v) is 20.0. The summed E-state index contributed by atoms with van der Waals surface area (Å²) in [6.45, 7) is 2.12. The number of anilines is 1. The molecule has 0 aliphatic heterocycles. The zero-order valence-electron chi connectivity index (χ0n) is 18.4. The molecule has 0 aromatic heterocycles. The van der Waals surface area contributed by atoms with Crippen LogP contribution in [0.3, 0.4) is 0 Å². The Morgan fingerprint density at radius 1 is 0.941 bits per heavy atom. The minimum atomic E-state index is -4.06. The normalized spacial score (nSPS) is 11.0. The van der Waals surface area contributed by atoms with Gasteiger partial charge in [-0.15, -0.1) is 0 Å². The number of carbonyl (C=O) groups excluding carboxylic acids is 1. The number of rotatable bonds is 11.